The van der Waals surface area contributed by atoms with E-state index in [0.717, 1.165) is 6.26 Å². The molecule has 198 valence electrons. The molecular weight excluding hydrogens is 532 g/mol. The summed E-state index contributed by atoms with van der Waals surface area (Å²) in [5.74, 6) is 2.11. The van der Waals surface area contributed by atoms with Gasteiger partial charge in [-0.15, -0.1) is 0 Å². The highest BCUT2D eigenvalue weighted by Gasteiger charge is 2.09. The van der Waals surface area contributed by atoms with Crippen LogP contribution in [-0.2, 0) is 19.7 Å². The fourth-order valence-electron chi connectivity index (χ4n) is 2.95. The van der Waals surface area contributed by atoms with E-state index in [1.165, 1.54) is 66.9 Å². The molecule has 0 fully saturated rings. The molecule has 12 heteroatoms. The molecule has 0 bridgehead atoms. The summed E-state index contributed by atoms with van der Waals surface area (Å²) in [5.41, 5.74) is 6.20. The number of hydrogen-bond donors (Lipinski definition) is 1. The van der Waals surface area contributed by atoms with Crippen LogP contribution in [-0.4, -0.2) is 34.3 Å². The molecule has 0 heterocycles. The summed E-state index contributed by atoms with van der Waals surface area (Å²) < 4.78 is 56.2. The molecule has 2 N–H and O–H groups in total. The van der Waals surface area contributed by atoms with E-state index in [1.807, 2.05) is 0 Å². The number of nitrogen functional groups attached to an aromatic ring is 1. The number of nitro groups is 1. The van der Waals surface area contributed by atoms with Crippen LogP contribution in [0.25, 0.3) is 0 Å². The summed E-state index contributed by atoms with van der Waals surface area (Å²) in [6, 6.07) is 24.8. The van der Waals surface area contributed by atoms with E-state index in [4.69, 9.17) is 15.2 Å². The van der Waals surface area contributed by atoms with Crippen molar-refractivity contribution in [3.8, 4) is 23.0 Å². The minimum atomic E-state index is -3.24. The third kappa shape index (κ3) is 8.32. The number of nitrogens with two attached hydrogens (primary N) is 1. The molecule has 4 rings (SSSR count). The monoisotopic (exact) mass is 556 g/mol. The van der Waals surface area contributed by atoms with Crippen LogP contribution in [0.2, 0.25) is 0 Å². The molecule has 0 saturated heterocycles. The standard InChI is InChI=1S/C13H11NO5S.C13H13NO3S/c1-20(17,18)13-8-6-12(7-9-13)19-11-4-2-10(3-5-11)14(15)16;1-18(15,16)13-8-6-12(7-9-13)17-11-4-2-10(14)3-5-11/h2-9H,1H3;2-9H,14H2,1H3. The van der Waals surface area contributed by atoms with Crippen LogP contribution in [0.15, 0.2) is 107 Å². The Balaban J connectivity index is 0.000000212. The molecule has 0 saturated carbocycles. The number of nitro benzene ring substituents is 1. The second kappa shape index (κ2) is 11.8. The minimum Gasteiger partial charge on any atom is -0.457 e. The Morgan fingerprint density at radius 3 is 1.16 bits per heavy atom. The van der Waals surface area contributed by atoms with E-state index >= 15 is 0 Å². The number of non-ortho nitro benzene ring substituents is 1. The van der Waals surface area contributed by atoms with Crippen LogP contribution in [0.4, 0.5) is 11.4 Å². The molecule has 0 aromatic heterocycles. The van der Waals surface area contributed by atoms with Crippen molar-refractivity contribution in [2.75, 3.05) is 18.2 Å². The number of hydrogen-bond acceptors (Lipinski definition) is 9. The molecule has 0 unspecified atom stereocenters. The molecule has 0 aliphatic rings. The molecule has 38 heavy (non-hydrogen) atoms. The third-order valence-corrected chi connectivity index (χ3v) is 7.16. The number of ether oxygens (including phenoxy) is 2. The molecule has 0 amide bonds. The Kier molecular flexibility index (Phi) is 8.71. The lowest BCUT2D eigenvalue weighted by Crippen LogP contribution is -1.96. The van der Waals surface area contributed by atoms with Crippen molar-refractivity contribution in [2.45, 2.75) is 9.79 Å². The van der Waals surface area contributed by atoms with E-state index in [0.29, 0.717) is 28.7 Å². The molecule has 0 atom stereocenters. The summed E-state index contributed by atoms with van der Waals surface area (Å²) in [4.78, 5) is 10.5. The van der Waals surface area contributed by atoms with Gasteiger partial charge in [-0.3, -0.25) is 10.1 Å². The van der Waals surface area contributed by atoms with Crippen molar-refractivity contribution in [1.82, 2.24) is 0 Å². The predicted octanol–water partition coefficient (Wildman–Crippen LogP) is 5.26. The number of nitrogens with zero attached hydrogens (tertiary/aromatic N) is 1. The second-order valence-corrected chi connectivity index (χ2v) is 12.0. The lowest BCUT2D eigenvalue weighted by atomic mass is 10.3. The van der Waals surface area contributed by atoms with Gasteiger partial charge in [-0.05, 0) is 84.9 Å². The molecule has 10 nitrogen and oxygen atoms in total. The maximum absolute atomic E-state index is 11.3. The van der Waals surface area contributed by atoms with Gasteiger partial charge in [0.1, 0.15) is 23.0 Å². The zero-order chi connectivity index (χ0) is 27.9. The van der Waals surface area contributed by atoms with Gasteiger partial charge < -0.3 is 15.2 Å². The van der Waals surface area contributed by atoms with Crippen molar-refractivity contribution >= 4 is 31.0 Å². The highest BCUT2D eigenvalue weighted by molar-refractivity contribution is 7.91. The summed E-state index contributed by atoms with van der Waals surface area (Å²) in [6.07, 6.45) is 2.29. The first-order chi connectivity index (χ1) is 17.8. The first-order valence-corrected chi connectivity index (χ1v) is 14.7. The molecular formula is C26H24N2O8S2. The third-order valence-electron chi connectivity index (χ3n) is 4.90. The van der Waals surface area contributed by atoms with Crippen molar-refractivity contribution in [1.29, 1.82) is 0 Å². The zero-order valence-electron chi connectivity index (χ0n) is 20.3. The minimum absolute atomic E-state index is 0.0234. The fourth-order valence-corrected chi connectivity index (χ4v) is 4.21. The Labute approximate surface area is 220 Å². The summed E-state index contributed by atoms with van der Waals surface area (Å²) in [5, 5.41) is 10.5. The van der Waals surface area contributed by atoms with Gasteiger partial charge in [0.2, 0.25) is 0 Å². The molecule has 0 aliphatic heterocycles. The van der Waals surface area contributed by atoms with E-state index in [-0.39, 0.29) is 15.5 Å². The van der Waals surface area contributed by atoms with Crippen molar-refractivity contribution < 1.29 is 31.2 Å². The SMILES string of the molecule is CS(=O)(=O)c1ccc(Oc2ccc(N)cc2)cc1.CS(=O)(=O)c1ccc(Oc2ccc([N+](=O)[O-])cc2)cc1. The Morgan fingerprint density at radius 1 is 0.579 bits per heavy atom. The highest BCUT2D eigenvalue weighted by Crippen LogP contribution is 2.25. The van der Waals surface area contributed by atoms with Crippen molar-refractivity contribution in [3.63, 3.8) is 0 Å². The van der Waals surface area contributed by atoms with Gasteiger partial charge >= 0.3 is 0 Å². The summed E-state index contributed by atoms with van der Waals surface area (Å²) >= 11 is 0. The van der Waals surface area contributed by atoms with Crippen LogP contribution in [0, 0.1) is 10.1 Å². The van der Waals surface area contributed by atoms with Gasteiger partial charge in [0.25, 0.3) is 5.69 Å². The van der Waals surface area contributed by atoms with Gasteiger partial charge in [-0.25, -0.2) is 16.8 Å². The van der Waals surface area contributed by atoms with Crippen LogP contribution in [0.1, 0.15) is 0 Å². The maximum Gasteiger partial charge on any atom is 0.269 e. The average Bonchev–Trinajstić information content (AvgIpc) is 2.86. The average molecular weight is 557 g/mol. The number of rotatable bonds is 7. The lowest BCUT2D eigenvalue weighted by Gasteiger charge is -2.06. The fraction of sp³-hybridized carbons (Fsp3) is 0.0769. The normalized spacial score (nSPS) is 11.1. The van der Waals surface area contributed by atoms with Gasteiger partial charge in [0, 0.05) is 30.3 Å². The van der Waals surface area contributed by atoms with Crippen LogP contribution < -0.4 is 15.2 Å². The second-order valence-electron chi connectivity index (χ2n) is 8.01. The largest absolute Gasteiger partial charge is 0.457 e. The van der Waals surface area contributed by atoms with E-state index < -0.39 is 24.6 Å². The van der Waals surface area contributed by atoms with Crippen molar-refractivity contribution in [2.24, 2.45) is 0 Å². The number of anilines is 1. The predicted molar refractivity (Wildman–Crippen MR) is 143 cm³/mol. The zero-order valence-corrected chi connectivity index (χ0v) is 22.0. The van der Waals surface area contributed by atoms with Crippen LogP contribution in [0.5, 0.6) is 23.0 Å². The van der Waals surface area contributed by atoms with Gasteiger partial charge in [-0.2, -0.15) is 0 Å². The number of benzene rings is 4. The maximum atomic E-state index is 11.3. The summed E-state index contributed by atoms with van der Waals surface area (Å²) in [7, 11) is -6.41. The van der Waals surface area contributed by atoms with E-state index in [2.05, 4.69) is 0 Å². The molecule has 4 aromatic rings. The number of sulfone groups is 2. The van der Waals surface area contributed by atoms with Gasteiger partial charge in [0.15, 0.2) is 19.7 Å². The van der Waals surface area contributed by atoms with Gasteiger partial charge in [0.05, 0.1) is 14.7 Å². The molecule has 0 spiro atoms. The highest BCUT2D eigenvalue weighted by atomic mass is 32.2. The molecule has 4 aromatic carbocycles. The van der Waals surface area contributed by atoms with Crippen LogP contribution in [0.3, 0.4) is 0 Å². The quantitative estimate of drug-likeness (QED) is 0.182. The Morgan fingerprint density at radius 2 is 0.868 bits per heavy atom. The first-order valence-electron chi connectivity index (χ1n) is 10.9. The molecule has 0 radical (unpaired) electrons. The smallest absolute Gasteiger partial charge is 0.269 e. The Hall–Kier alpha value is -4.42. The van der Waals surface area contributed by atoms with Crippen LogP contribution >= 0.6 is 0 Å². The van der Waals surface area contributed by atoms with Gasteiger partial charge in [-0.1, -0.05) is 0 Å². The van der Waals surface area contributed by atoms with E-state index in [9.17, 15) is 26.9 Å². The first kappa shape index (κ1) is 28.2. The topological polar surface area (TPSA) is 156 Å². The van der Waals surface area contributed by atoms with Crippen molar-refractivity contribution in [3.05, 3.63) is 107 Å². The molecule has 0 aliphatic carbocycles. The summed E-state index contributed by atoms with van der Waals surface area (Å²) in [6.45, 7) is 0. The Bertz CT molecular complexity index is 1600. The van der Waals surface area contributed by atoms with E-state index in [1.54, 1.807) is 36.4 Å². The lowest BCUT2D eigenvalue weighted by molar-refractivity contribution is -0.384.